The van der Waals surface area contributed by atoms with E-state index in [9.17, 15) is 4.79 Å². The van der Waals surface area contributed by atoms with Crippen molar-refractivity contribution in [3.63, 3.8) is 0 Å². The van der Waals surface area contributed by atoms with Gasteiger partial charge in [-0.05, 0) is 24.3 Å². The van der Waals surface area contributed by atoms with E-state index in [1.165, 1.54) is 11.3 Å². The van der Waals surface area contributed by atoms with Crippen molar-refractivity contribution in [2.75, 3.05) is 12.8 Å². The Labute approximate surface area is 134 Å². The molecular formula is C15H13BrN2O2S. The highest BCUT2D eigenvalue weighted by Crippen LogP contribution is 2.38. The van der Waals surface area contributed by atoms with Crippen molar-refractivity contribution in [3.8, 4) is 0 Å². The molecule has 0 unspecified atom stereocenters. The molecule has 3 aromatic rings. The van der Waals surface area contributed by atoms with Crippen LogP contribution < -0.4 is 5.73 Å². The van der Waals surface area contributed by atoms with Gasteiger partial charge in [0.2, 0.25) is 0 Å². The smallest absolute Gasteiger partial charge is 0.266 e. The topological polar surface area (TPSA) is 59.5 Å². The highest BCUT2D eigenvalue weighted by Gasteiger charge is 2.21. The maximum absolute atomic E-state index is 12.6. The number of carbonyl (C=O) groups excluding carboxylic acids is 1. The molecule has 6 heteroatoms. The van der Waals surface area contributed by atoms with Gasteiger partial charge < -0.3 is 15.1 Å². The summed E-state index contributed by atoms with van der Waals surface area (Å²) < 4.78 is 7.17. The number of fused-ring (bicyclic) bond motifs is 1. The normalized spacial score (nSPS) is 11.0. The minimum absolute atomic E-state index is 0.1000. The van der Waals surface area contributed by atoms with Crippen LogP contribution in [0.25, 0.3) is 10.1 Å². The van der Waals surface area contributed by atoms with E-state index in [4.69, 9.17) is 10.2 Å². The predicted molar refractivity (Wildman–Crippen MR) is 88.4 cm³/mol. The Kier molecular flexibility index (Phi) is 3.73. The number of furan rings is 1. The zero-order chi connectivity index (χ0) is 15.0. The molecule has 0 atom stereocenters. The van der Waals surface area contributed by atoms with Gasteiger partial charge in [0.05, 0.1) is 18.5 Å². The lowest BCUT2D eigenvalue weighted by atomic mass is 10.2. The highest BCUT2D eigenvalue weighted by atomic mass is 79.9. The molecule has 0 aliphatic heterocycles. The molecule has 3 rings (SSSR count). The number of amides is 1. The zero-order valence-electron chi connectivity index (χ0n) is 11.3. The third-order valence-electron chi connectivity index (χ3n) is 3.22. The molecule has 0 aliphatic rings. The van der Waals surface area contributed by atoms with Gasteiger partial charge >= 0.3 is 0 Å². The number of benzene rings is 1. The van der Waals surface area contributed by atoms with E-state index in [0.29, 0.717) is 17.1 Å². The largest absolute Gasteiger partial charge is 0.467 e. The second kappa shape index (κ2) is 5.54. The molecule has 2 aromatic heterocycles. The Morgan fingerprint density at radius 2 is 2.19 bits per heavy atom. The summed E-state index contributed by atoms with van der Waals surface area (Å²) in [6, 6.07) is 9.47. The molecule has 21 heavy (non-hydrogen) atoms. The molecule has 0 saturated heterocycles. The van der Waals surface area contributed by atoms with Crippen molar-refractivity contribution in [2.45, 2.75) is 6.54 Å². The van der Waals surface area contributed by atoms with Gasteiger partial charge in [-0.15, -0.1) is 11.3 Å². The molecule has 2 N–H and O–H groups in total. The minimum Gasteiger partial charge on any atom is -0.467 e. The van der Waals surface area contributed by atoms with Gasteiger partial charge in [0.15, 0.2) is 0 Å². The van der Waals surface area contributed by atoms with Crippen molar-refractivity contribution in [3.05, 3.63) is 51.7 Å². The Balaban J connectivity index is 1.94. The van der Waals surface area contributed by atoms with Crippen molar-refractivity contribution < 1.29 is 9.21 Å². The number of thiophene rings is 1. The lowest BCUT2D eigenvalue weighted by molar-refractivity contribution is 0.0781. The fraction of sp³-hybridized carbons (Fsp3) is 0.133. The Hall–Kier alpha value is -1.79. The summed E-state index contributed by atoms with van der Waals surface area (Å²) in [5.41, 5.74) is 6.69. The second-order valence-corrected chi connectivity index (χ2v) is 6.60. The maximum Gasteiger partial charge on any atom is 0.266 e. The molecule has 0 fully saturated rings. The van der Waals surface area contributed by atoms with E-state index >= 15 is 0 Å². The molecule has 0 saturated carbocycles. The van der Waals surface area contributed by atoms with Crippen molar-refractivity contribution in [2.24, 2.45) is 0 Å². The summed E-state index contributed by atoms with van der Waals surface area (Å²) in [4.78, 5) is 14.7. The fourth-order valence-electron chi connectivity index (χ4n) is 2.17. The standard InChI is InChI=1S/C15H13BrN2O2S/c1-18(8-9-4-3-7-20-9)15(19)14-13(17)12-10(16)5-2-6-11(12)21-14/h2-7H,8,17H2,1H3. The second-order valence-electron chi connectivity index (χ2n) is 4.70. The van der Waals surface area contributed by atoms with Crippen molar-refractivity contribution >= 4 is 48.9 Å². The van der Waals surface area contributed by atoms with Gasteiger partial charge in [0, 0.05) is 21.6 Å². The molecule has 0 bridgehead atoms. The predicted octanol–water partition coefficient (Wildman–Crippen LogP) is 4.11. The van der Waals surface area contributed by atoms with E-state index in [2.05, 4.69) is 15.9 Å². The van der Waals surface area contributed by atoms with E-state index in [1.54, 1.807) is 24.3 Å². The SMILES string of the molecule is CN(Cc1ccco1)C(=O)c1sc2cccc(Br)c2c1N. The van der Waals surface area contributed by atoms with Crippen LogP contribution in [0.5, 0.6) is 0 Å². The van der Waals surface area contributed by atoms with Crippen molar-refractivity contribution in [1.29, 1.82) is 0 Å². The van der Waals surface area contributed by atoms with E-state index in [1.807, 2.05) is 24.3 Å². The average Bonchev–Trinajstić information content (AvgIpc) is 3.07. The third-order valence-corrected chi connectivity index (χ3v) is 5.04. The lowest BCUT2D eigenvalue weighted by Crippen LogP contribution is -2.25. The van der Waals surface area contributed by atoms with E-state index in [0.717, 1.165) is 20.3 Å². The Morgan fingerprint density at radius 1 is 1.38 bits per heavy atom. The van der Waals surface area contributed by atoms with E-state index in [-0.39, 0.29) is 5.91 Å². The maximum atomic E-state index is 12.6. The highest BCUT2D eigenvalue weighted by molar-refractivity contribution is 9.10. The first-order chi connectivity index (χ1) is 10.1. The number of halogens is 1. The number of rotatable bonds is 3. The van der Waals surface area contributed by atoms with Crippen molar-refractivity contribution in [1.82, 2.24) is 4.90 Å². The number of carbonyl (C=O) groups is 1. The number of nitrogens with two attached hydrogens (primary N) is 1. The van der Waals surface area contributed by atoms with Crippen LogP contribution in [0.1, 0.15) is 15.4 Å². The number of hydrogen-bond donors (Lipinski definition) is 1. The number of nitrogen functional groups attached to an aromatic ring is 1. The van der Waals surface area contributed by atoms with Gasteiger partial charge in [0.1, 0.15) is 10.6 Å². The molecule has 108 valence electrons. The summed E-state index contributed by atoms with van der Waals surface area (Å²) in [7, 11) is 1.74. The Bertz CT molecular complexity index is 795. The molecule has 1 aromatic carbocycles. The van der Waals surface area contributed by atoms with Gasteiger partial charge in [-0.3, -0.25) is 4.79 Å². The number of hydrogen-bond acceptors (Lipinski definition) is 4. The van der Waals surface area contributed by atoms with Crippen LogP contribution in [-0.4, -0.2) is 17.9 Å². The van der Waals surface area contributed by atoms with Crippen LogP contribution in [0.15, 0.2) is 45.5 Å². The van der Waals surface area contributed by atoms with Crippen LogP contribution in [0.4, 0.5) is 5.69 Å². The molecule has 0 aliphatic carbocycles. The van der Waals surface area contributed by atoms with Gasteiger partial charge in [-0.1, -0.05) is 22.0 Å². The van der Waals surface area contributed by atoms with Crippen LogP contribution in [0, 0.1) is 0 Å². The molecule has 1 amide bonds. The monoisotopic (exact) mass is 364 g/mol. The summed E-state index contributed by atoms with van der Waals surface area (Å²) in [6.07, 6.45) is 1.60. The molecule has 2 heterocycles. The molecule has 0 spiro atoms. The first-order valence-electron chi connectivity index (χ1n) is 6.32. The van der Waals surface area contributed by atoms with Crippen LogP contribution >= 0.6 is 27.3 Å². The molecule has 0 radical (unpaired) electrons. The van der Waals surface area contributed by atoms with Gasteiger partial charge in [0.25, 0.3) is 5.91 Å². The number of nitrogens with zero attached hydrogens (tertiary/aromatic N) is 1. The zero-order valence-corrected chi connectivity index (χ0v) is 13.7. The van der Waals surface area contributed by atoms with E-state index < -0.39 is 0 Å². The molecule has 4 nitrogen and oxygen atoms in total. The minimum atomic E-state index is -0.1000. The van der Waals surface area contributed by atoms with Gasteiger partial charge in [-0.2, -0.15) is 0 Å². The summed E-state index contributed by atoms with van der Waals surface area (Å²) >= 11 is 4.89. The number of anilines is 1. The van der Waals surface area contributed by atoms with Crippen LogP contribution in [0.2, 0.25) is 0 Å². The lowest BCUT2D eigenvalue weighted by Gasteiger charge is -2.15. The summed E-state index contributed by atoms with van der Waals surface area (Å²) in [5, 5.41) is 0.900. The summed E-state index contributed by atoms with van der Waals surface area (Å²) in [5.74, 6) is 0.642. The Morgan fingerprint density at radius 3 is 2.86 bits per heavy atom. The quantitative estimate of drug-likeness (QED) is 0.760. The first-order valence-corrected chi connectivity index (χ1v) is 7.93. The third kappa shape index (κ3) is 2.56. The van der Waals surface area contributed by atoms with Crippen LogP contribution in [0.3, 0.4) is 0 Å². The first kappa shape index (κ1) is 14.2. The average molecular weight is 365 g/mol. The summed E-state index contributed by atoms with van der Waals surface area (Å²) in [6.45, 7) is 0.417. The van der Waals surface area contributed by atoms with Gasteiger partial charge in [-0.25, -0.2) is 0 Å². The molecular weight excluding hydrogens is 352 g/mol. The van der Waals surface area contributed by atoms with Crippen LogP contribution in [-0.2, 0) is 6.54 Å². The fourth-order valence-corrected chi connectivity index (χ4v) is 4.02.